The van der Waals surface area contributed by atoms with E-state index in [0.717, 1.165) is 25.0 Å². The summed E-state index contributed by atoms with van der Waals surface area (Å²) in [7, 11) is 1.64. The lowest BCUT2D eigenvalue weighted by atomic mass is 10.0. The number of aromatic nitrogens is 2. The van der Waals surface area contributed by atoms with Crippen molar-refractivity contribution in [3.05, 3.63) is 46.8 Å². The number of carbonyl (C=O) groups is 2. The molecule has 1 saturated carbocycles. The summed E-state index contributed by atoms with van der Waals surface area (Å²) in [5.74, 6) is -0.691. The van der Waals surface area contributed by atoms with Crippen LogP contribution in [0.3, 0.4) is 0 Å². The fraction of sp³-hybridized carbons (Fsp3) is 0.455. The Hall–Kier alpha value is -3.55. The molecule has 0 radical (unpaired) electrons. The van der Waals surface area contributed by atoms with Crippen LogP contribution in [0.4, 0.5) is 18.9 Å². The molecule has 1 aliphatic carbocycles. The predicted molar refractivity (Wildman–Crippen MR) is 112 cm³/mol. The zero-order valence-corrected chi connectivity index (χ0v) is 18.2. The molecule has 33 heavy (non-hydrogen) atoms. The smallest absolute Gasteiger partial charge is 0.367 e. The van der Waals surface area contributed by atoms with Crippen LogP contribution in [0, 0.1) is 18.3 Å². The average molecular weight is 460 g/mol. The molecule has 2 aliphatic rings. The van der Waals surface area contributed by atoms with Crippen LogP contribution in [0.25, 0.3) is 0 Å². The van der Waals surface area contributed by atoms with E-state index in [2.05, 4.69) is 10.4 Å². The van der Waals surface area contributed by atoms with Crippen LogP contribution in [0.2, 0.25) is 0 Å². The van der Waals surface area contributed by atoms with Gasteiger partial charge in [-0.2, -0.15) is 23.5 Å². The standard InChI is InChI=1S/C22H23F3N6O2/c1-13-9-18(29(2)28-13)21(33)31-8-7-30(12-19(31)20(32)27-15-4-5-15)16-6-3-14(11-26)17(10-16)22(23,24)25/h3,6,9-10,15,19H,4-5,7-8,12H2,1-2H3,(H,27,32). The fourth-order valence-corrected chi connectivity index (χ4v) is 4.03. The van der Waals surface area contributed by atoms with Crippen molar-refractivity contribution >= 4 is 17.5 Å². The molecule has 2 aromatic rings. The predicted octanol–water partition coefficient (Wildman–Crippen LogP) is 2.23. The molecule has 1 N–H and O–H groups in total. The highest BCUT2D eigenvalue weighted by Gasteiger charge is 2.40. The van der Waals surface area contributed by atoms with Gasteiger partial charge in [0.05, 0.1) is 22.9 Å². The molecule has 1 unspecified atom stereocenters. The first kappa shape index (κ1) is 22.6. The van der Waals surface area contributed by atoms with Gasteiger partial charge in [0.1, 0.15) is 11.7 Å². The largest absolute Gasteiger partial charge is 0.417 e. The van der Waals surface area contributed by atoms with Gasteiger partial charge in [-0.05, 0) is 44.0 Å². The number of amides is 2. The maximum atomic E-state index is 13.4. The maximum absolute atomic E-state index is 13.4. The first-order valence-electron chi connectivity index (χ1n) is 10.6. The molecule has 1 atom stereocenters. The van der Waals surface area contributed by atoms with E-state index >= 15 is 0 Å². The van der Waals surface area contributed by atoms with E-state index in [1.165, 1.54) is 15.6 Å². The molecule has 2 fully saturated rings. The van der Waals surface area contributed by atoms with E-state index in [9.17, 15) is 22.8 Å². The van der Waals surface area contributed by atoms with Gasteiger partial charge in [0.2, 0.25) is 5.91 Å². The van der Waals surface area contributed by atoms with Gasteiger partial charge in [0.15, 0.2) is 0 Å². The second-order valence-electron chi connectivity index (χ2n) is 8.38. The number of aryl methyl sites for hydroxylation is 2. The lowest BCUT2D eigenvalue weighted by Gasteiger charge is -2.41. The van der Waals surface area contributed by atoms with Gasteiger partial charge in [-0.3, -0.25) is 14.3 Å². The third-order valence-corrected chi connectivity index (χ3v) is 5.88. The highest BCUT2D eigenvalue weighted by molar-refractivity contribution is 5.97. The molecule has 4 rings (SSSR count). The molecule has 1 aliphatic heterocycles. The second-order valence-corrected chi connectivity index (χ2v) is 8.38. The summed E-state index contributed by atoms with van der Waals surface area (Å²) in [6, 6.07) is 5.89. The Morgan fingerprint density at radius 2 is 1.94 bits per heavy atom. The van der Waals surface area contributed by atoms with Crippen molar-refractivity contribution in [3.8, 4) is 6.07 Å². The van der Waals surface area contributed by atoms with Gasteiger partial charge in [0, 0.05) is 38.4 Å². The number of anilines is 1. The number of hydrogen-bond acceptors (Lipinski definition) is 5. The first-order valence-corrected chi connectivity index (χ1v) is 10.6. The molecule has 0 bridgehead atoms. The van der Waals surface area contributed by atoms with Gasteiger partial charge < -0.3 is 15.1 Å². The lowest BCUT2D eigenvalue weighted by molar-refractivity contribution is -0.137. The quantitative estimate of drug-likeness (QED) is 0.755. The Morgan fingerprint density at radius 1 is 1.21 bits per heavy atom. The Bertz CT molecular complexity index is 1130. The Labute approximate surface area is 188 Å². The summed E-state index contributed by atoms with van der Waals surface area (Å²) in [6.45, 7) is 2.17. The number of benzene rings is 1. The molecule has 1 aromatic carbocycles. The number of nitriles is 1. The van der Waals surface area contributed by atoms with Crippen LogP contribution in [0.15, 0.2) is 24.3 Å². The molecule has 2 amide bonds. The van der Waals surface area contributed by atoms with E-state index in [-0.39, 0.29) is 43.2 Å². The van der Waals surface area contributed by atoms with Crippen LogP contribution >= 0.6 is 0 Å². The normalized spacial score (nSPS) is 18.7. The summed E-state index contributed by atoms with van der Waals surface area (Å²) in [4.78, 5) is 29.4. The molecule has 0 spiro atoms. The molecular formula is C22H23F3N6O2. The first-order chi connectivity index (χ1) is 15.6. The SMILES string of the molecule is Cc1cc(C(=O)N2CCN(c3ccc(C#N)c(C(F)(F)F)c3)CC2C(=O)NC2CC2)n(C)n1. The van der Waals surface area contributed by atoms with Crippen LogP contribution in [0.1, 0.15) is 40.2 Å². The number of hydrogen-bond donors (Lipinski definition) is 1. The van der Waals surface area contributed by atoms with Crippen molar-refractivity contribution in [1.82, 2.24) is 20.0 Å². The average Bonchev–Trinajstić information content (AvgIpc) is 3.52. The molecule has 8 nitrogen and oxygen atoms in total. The van der Waals surface area contributed by atoms with Crippen LogP contribution in [0.5, 0.6) is 0 Å². The van der Waals surface area contributed by atoms with Crippen LogP contribution < -0.4 is 10.2 Å². The number of rotatable bonds is 4. The summed E-state index contributed by atoms with van der Waals surface area (Å²) in [5.41, 5.74) is -0.243. The molecule has 174 valence electrons. The third kappa shape index (κ3) is 4.65. The van der Waals surface area contributed by atoms with Crippen LogP contribution in [-0.2, 0) is 18.0 Å². The minimum Gasteiger partial charge on any atom is -0.367 e. The number of carbonyl (C=O) groups excluding carboxylic acids is 2. The molecule has 11 heteroatoms. The number of piperazine rings is 1. The summed E-state index contributed by atoms with van der Waals surface area (Å²) in [6.07, 6.45) is -2.96. The minimum atomic E-state index is -4.68. The molecule has 1 aromatic heterocycles. The minimum absolute atomic E-state index is 0.0321. The number of nitrogens with zero attached hydrogens (tertiary/aromatic N) is 5. The maximum Gasteiger partial charge on any atom is 0.417 e. The van der Waals surface area contributed by atoms with Crippen LogP contribution in [-0.4, -0.2) is 58.2 Å². The monoisotopic (exact) mass is 460 g/mol. The van der Waals surface area contributed by atoms with Crippen molar-refractivity contribution in [3.63, 3.8) is 0 Å². The van der Waals surface area contributed by atoms with Gasteiger partial charge >= 0.3 is 6.18 Å². The second kappa shape index (κ2) is 8.42. The third-order valence-electron chi connectivity index (χ3n) is 5.88. The lowest BCUT2D eigenvalue weighted by Crippen LogP contribution is -2.61. The highest BCUT2D eigenvalue weighted by Crippen LogP contribution is 2.35. The van der Waals surface area contributed by atoms with Crippen molar-refractivity contribution in [2.75, 3.05) is 24.5 Å². The summed E-state index contributed by atoms with van der Waals surface area (Å²) in [5, 5.41) is 16.1. The Morgan fingerprint density at radius 3 is 2.52 bits per heavy atom. The zero-order chi connectivity index (χ0) is 23.9. The Balaban J connectivity index is 1.63. The number of nitrogens with one attached hydrogen (secondary N) is 1. The zero-order valence-electron chi connectivity index (χ0n) is 18.2. The van der Waals surface area contributed by atoms with E-state index in [1.54, 1.807) is 31.0 Å². The van der Waals surface area contributed by atoms with Gasteiger partial charge in [0.25, 0.3) is 5.91 Å². The van der Waals surface area contributed by atoms with Gasteiger partial charge in [-0.1, -0.05) is 0 Å². The van der Waals surface area contributed by atoms with E-state index in [0.29, 0.717) is 11.4 Å². The Kier molecular flexibility index (Phi) is 5.78. The molecule has 1 saturated heterocycles. The van der Waals surface area contributed by atoms with Gasteiger partial charge in [-0.15, -0.1) is 0 Å². The van der Waals surface area contributed by atoms with Crippen molar-refractivity contribution in [2.45, 2.75) is 38.0 Å². The summed E-state index contributed by atoms with van der Waals surface area (Å²) < 4.78 is 41.8. The van der Waals surface area contributed by atoms with E-state index in [4.69, 9.17) is 5.26 Å². The number of halogens is 3. The highest BCUT2D eigenvalue weighted by atomic mass is 19.4. The van der Waals surface area contributed by atoms with E-state index < -0.39 is 23.3 Å². The number of alkyl halides is 3. The molecule has 2 heterocycles. The van der Waals surface area contributed by atoms with Crippen molar-refractivity contribution < 1.29 is 22.8 Å². The van der Waals surface area contributed by atoms with Gasteiger partial charge in [-0.25, -0.2) is 0 Å². The fourth-order valence-electron chi connectivity index (χ4n) is 4.03. The van der Waals surface area contributed by atoms with E-state index in [1.807, 2.05) is 0 Å². The summed E-state index contributed by atoms with van der Waals surface area (Å²) >= 11 is 0. The molecular weight excluding hydrogens is 437 g/mol. The van der Waals surface area contributed by atoms with Crippen molar-refractivity contribution in [1.29, 1.82) is 5.26 Å². The topological polar surface area (TPSA) is 94.3 Å². The van der Waals surface area contributed by atoms with Crippen molar-refractivity contribution in [2.24, 2.45) is 7.05 Å².